The highest BCUT2D eigenvalue weighted by molar-refractivity contribution is 7.91. The van der Waals surface area contributed by atoms with Crippen molar-refractivity contribution >= 4 is 31.6 Å². The van der Waals surface area contributed by atoms with Crippen LogP contribution in [0.1, 0.15) is 18.2 Å². The molecule has 0 aliphatic carbocycles. The Morgan fingerprint density at radius 3 is 2.59 bits per heavy atom. The number of carbonyl (C=O) groups excluding carboxylic acids is 1. The molecule has 1 saturated heterocycles. The van der Waals surface area contributed by atoms with Crippen molar-refractivity contribution in [2.75, 3.05) is 30.4 Å². The van der Waals surface area contributed by atoms with Crippen LogP contribution in [0.4, 0.5) is 10.2 Å². The molecule has 12 heteroatoms. The van der Waals surface area contributed by atoms with Gasteiger partial charge in [-0.1, -0.05) is 0 Å². The van der Waals surface area contributed by atoms with Gasteiger partial charge < -0.3 is 5.32 Å². The van der Waals surface area contributed by atoms with Crippen molar-refractivity contribution in [2.45, 2.75) is 24.3 Å². The molecule has 1 aliphatic rings. The maximum absolute atomic E-state index is 13.0. The van der Waals surface area contributed by atoms with Gasteiger partial charge in [-0.15, -0.1) is 0 Å². The molecule has 2 aromatic rings. The quantitative estimate of drug-likeness (QED) is 0.709. The van der Waals surface area contributed by atoms with Gasteiger partial charge in [-0.25, -0.2) is 25.9 Å². The summed E-state index contributed by atoms with van der Waals surface area (Å²) in [6.45, 7) is 1.23. The molecule has 1 unspecified atom stereocenters. The molecule has 0 saturated carbocycles. The third-order valence-corrected chi connectivity index (χ3v) is 8.14. The molecule has 1 fully saturated rings. The second kappa shape index (κ2) is 7.84. The molecule has 0 radical (unpaired) electrons. The first-order chi connectivity index (χ1) is 13.5. The van der Waals surface area contributed by atoms with Crippen LogP contribution in [-0.4, -0.2) is 61.9 Å². The minimum absolute atomic E-state index is 0.0581. The van der Waals surface area contributed by atoms with Gasteiger partial charge in [0, 0.05) is 13.1 Å². The predicted molar refractivity (Wildman–Crippen MR) is 104 cm³/mol. The third-order valence-electron chi connectivity index (χ3n) is 4.57. The summed E-state index contributed by atoms with van der Waals surface area (Å²) in [6, 6.07) is 5.51. The Morgan fingerprint density at radius 2 is 2.00 bits per heavy atom. The van der Waals surface area contributed by atoms with E-state index in [1.807, 2.05) is 0 Å². The summed E-state index contributed by atoms with van der Waals surface area (Å²) in [4.78, 5) is 12.3. The lowest BCUT2D eigenvalue weighted by molar-refractivity contribution is -0.116. The Hall–Kier alpha value is -2.31. The third kappa shape index (κ3) is 4.82. The lowest BCUT2D eigenvalue weighted by Gasteiger charge is -2.18. The van der Waals surface area contributed by atoms with Gasteiger partial charge in [0.1, 0.15) is 11.6 Å². The fourth-order valence-electron chi connectivity index (χ4n) is 3.11. The Morgan fingerprint density at radius 1 is 1.34 bits per heavy atom. The average Bonchev–Trinajstić information content (AvgIpc) is 3.16. The monoisotopic (exact) mass is 444 g/mol. The normalized spacial score (nSPS) is 18.8. The minimum atomic E-state index is -3.97. The van der Waals surface area contributed by atoms with Gasteiger partial charge in [-0.05, 0) is 37.6 Å². The molecule has 9 nitrogen and oxygen atoms in total. The number of carbonyl (C=O) groups is 1. The van der Waals surface area contributed by atoms with E-state index in [1.165, 1.54) is 11.7 Å². The van der Waals surface area contributed by atoms with Gasteiger partial charge >= 0.3 is 0 Å². The highest BCUT2D eigenvalue weighted by atomic mass is 32.2. The van der Waals surface area contributed by atoms with Crippen LogP contribution in [0.25, 0.3) is 0 Å². The Bertz CT molecular complexity index is 1130. The maximum Gasteiger partial charge on any atom is 0.243 e. The van der Waals surface area contributed by atoms with Gasteiger partial charge in [0.25, 0.3) is 0 Å². The number of likely N-dealkylation sites (N-methyl/N-ethyl adjacent to an activating group) is 1. The van der Waals surface area contributed by atoms with E-state index < -0.39 is 38.1 Å². The van der Waals surface area contributed by atoms with E-state index in [2.05, 4.69) is 10.4 Å². The molecule has 1 aliphatic heterocycles. The van der Waals surface area contributed by atoms with E-state index in [9.17, 15) is 26.0 Å². The minimum Gasteiger partial charge on any atom is -0.310 e. The SMILES string of the molecule is Cc1cc(NC(=O)CN(C)S(=O)(=O)c2ccc(F)cc2)n(C2CCS(=O)(=O)C2)n1. The molecule has 1 amide bonds. The van der Waals surface area contributed by atoms with Gasteiger partial charge in [0.05, 0.1) is 34.7 Å². The number of sulfonamides is 1. The zero-order valence-corrected chi connectivity index (χ0v) is 17.5. The van der Waals surface area contributed by atoms with Crippen LogP contribution < -0.4 is 5.32 Å². The van der Waals surface area contributed by atoms with Crippen molar-refractivity contribution in [2.24, 2.45) is 0 Å². The van der Waals surface area contributed by atoms with E-state index >= 15 is 0 Å². The number of halogens is 1. The van der Waals surface area contributed by atoms with Crippen molar-refractivity contribution in [3.8, 4) is 0 Å². The van der Waals surface area contributed by atoms with E-state index in [1.54, 1.807) is 13.0 Å². The first-order valence-electron chi connectivity index (χ1n) is 8.76. The van der Waals surface area contributed by atoms with Crippen LogP contribution in [0.3, 0.4) is 0 Å². The number of aryl methyl sites for hydroxylation is 1. The Balaban J connectivity index is 1.72. The van der Waals surface area contributed by atoms with Crippen LogP contribution in [0, 0.1) is 12.7 Å². The van der Waals surface area contributed by atoms with Crippen LogP contribution in [0.2, 0.25) is 0 Å². The molecule has 0 spiro atoms. The summed E-state index contributed by atoms with van der Waals surface area (Å²) in [5.74, 6) is -0.873. The Kier molecular flexibility index (Phi) is 5.79. The molecule has 1 aromatic heterocycles. The van der Waals surface area contributed by atoms with Crippen molar-refractivity contribution in [3.63, 3.8) is 0 Å². The highest BCUT2D eigenvalue weighted by Crippen LogP contribution is 2.27. The lowest BCUT2D eigenvalue weighted by atomic mass is 10.3. The van der Waals surface area contributed by atoms with Gasteiger partial charge in [0.15, 0.2) is 9.84 Å². The molecule has 1 N–H and O–H groups in total. The van der Waals surface area contributed by atoms with E-state index in [4.69, 9.17) is 0 Å². The number of rotatable bonds is 6. The van der Waals surface area contributed by atoms with E-state index in [-0.39, 0.29) is 22.4 Å². The van der Waals surface area contributed by atoms with Crippen molar-refractivity contribution < 1.29 is 26.0 Å². The average molecular weight is 445 g/mol. The molecule has 1 aromatic carbocycles. The molecule has 1 atom stereocenters. The largest absolute Gasteiger partial charge is 0.310 e. The number of hydrogen-bond donors (Lipinski definition) is 1. The first-order valence-corrected chi connectivity index (χ1v) is 12.0. The molecular formula is C17H21FN4O5S2. The van der Waals surface area contributed by atoms with E-state index in [0.29, 0.717) is 17.9 Å². The first kappa shape index (κ1) is 21.4. The van der Waals surface area contributed by atoms with Crippen LogP contribution in [0.15, 0.2) is 35.2 Å². The second-order valence-corrected chi connectivity index (χ2v) is 11.2. The molecule has 2 heterocycles. The zero-order chi connectivity index (χ0) is 21.4. The van der Waals surface area contributed by atoms with Crippen molar-refractivity contribution in [1.82, 2.24) is 14.1 Å². The van der Waals surface area contributed by atoms with Crippen molar-refractivity contribution in [3.05, 3.63) is 41.8 Å². The number of sulfone groups is 1. The van der Waals surface area contributed by atoms with Crippen LogP contribution in [0.5, 0.6) is 0 Å². The molecule has 158 valence electrons. The zero-order valence-electron chi connectivity index (χ0n) is 15.9. The van der Waals surface area contributed by atoms with Crippen LogP contribution in [-0.2, 0) is 24.7 Å². The van der Waals surface area contributed by atoms with Crippen molar-refractivity contribution in [1.29, 1.82) is 0 Å². The molecule has 29 heavy (non-hydrogen) atoms. The smallest absolute Gasteiger partial charge is 0.243 e. The summed E-state index contributed by atoms with van der Waals surface area (Å²) in [7, 11) is -5.87. The lowest BCUT2D eigenvalue weighted by Crippen LogP contribution is -2.35. The molecular weight excluding hydrogens is 423 g/mol. The van der Waals surface area contributed by atoms with Crippen LogP contribution >= 0.6 is 0 Å². The Labute approximate surface area is 168 Å². The summed E-state index contributed by atoms with van der Waals surface area (Å²) >= 11 is 0. The number of anilines is 1. The predicted octanol–water partition coefficient (Wildman–Crippen LogP) is 0.949. The van der Waals surface area contributed by atoms with Gasteiger partial charge in [-0.3, -0.25) is 4.79 Å². The summed E-state index contributed by atoms with van der Waals surface area (Å²) in [6.07, 6.45) is 0.394. The number of nitrogens with one attached hydrogen (secondary N) is 1. The molecule has 3 rings (SSSR count). The maximum atomic E-state index is 13.0. The number of nitrogens with zero attached hydrogens (tertiary/aromatic N) is 3. The molecule has 0 bridgehead atoms. The standard InChI is InChI=1S/C17H21FN4O5S2/c1-12-9-16(22(20-12)14-7-8-28(24,25)11-14)19-17(23)10-21(2)29(26,27)15-5-3-13(18)4-6-15/h3-6,9,14H,7-8,10-11H2,1-2H3,(H,19,23). The van der Waals surface area contributed by atoms with E-state index in [0.717, 1.165) is 28.6 Å². The summed E-state index contributed by atoms with van der Waals surface area (Å²) in [5.41, 5.74) is 0.594. The highest BCUT2D eigenvalue weighted by Gasteiger charge is 2.31. The topological polar surface area (TPSA) is 118 Å². The fraction of sp³-hybridized carbons (Fsp3) is 0.412. The number of amides is 1. The fourth-order valence-corrected chi connectivity index (χ4v) is 5.93. The number of hydrogen-bond acceptors (Lipinski definition) is 6. The summed E-state index contributed by atoms with van der Waals surface area (Å²) < 4.78 is 63.9. The van der Waals surface area contributed by atoms with Gasteiger partial charge in [0.2, 0.25) is 15.9 Å². The van der Waals surface area contributed by atoms with Gasteiger partial charge in [-0.2, -0.15) is 9.40 Å². The second-order valence-electron chi connectivity index (χ2n) is 6.94. The number of benzene rings is 1. The summed E-state index contributed by atoms with van der Waals surface area (Å²) in [5, 5.41) is 6.86. The number of aromatic nitrogens is 2.